The highest BCUT2D eigenvalue weighted by Gasteiger charge is 2.73. The molecule has 5 rings (SSSR count). The molecular weight excluding hydrogens is 305 g/mol. The smallest absolute Gasteiger partial charge is 0.238 e. The second-order valence-corrected chi connectivity index (χ2v) is 7.24. The van der Waals surface area contributed by atoms with Crippen molar-refractivity contribution in [2.45, 2.75) is 12.8 Å². The van der Waals surface area contributed by atoms with E-state index >= 15 is 0 Å². The summed E-state index contributed by atoms with van der Waals surface area (Å²) in [7, 11) is 0. The molecule has 3 fully saturated rings. The van der Waals surface area contributed by atoms with Crippen LogP contribution in [0.3, 0.4) is 0 Å². The third-order valence-electron chi connectivity index (χ3n) is 6.01. The van der Waals surface area contributed by atoms with Gasteiger partial charge in [-0.3, -0.25) is 9.59 Å². The molecule has 0 aromatic heterocycles. The minimum Gasteiger partial charge on any atom is -0.274 e. The van der Waals surface area contributed by atoms with E-state index in [0.717, 1.165) is 17.7 Å². The summed E-state index contributed by atoms with van der Waals surface area (Å²) >= 11 is 5.68. The number of carbonyl (C=O) groups excluding carboxylic acids is 2. The van der Waals surface area contributed by atoms with Gasteiger partial charge in [0.05, 0.1) is 22.5 Å². The van der Waals surface area contributed by atoms with E-state index in [1.165, 1.54) is 18.2 Å². The molecule has 2 saturated carbocycles. The number of fused-ring (bicyclic) bond motifs is 3. The van der Waals surface area contributed by atoms with Crippen molar-refractivity contribution in [1.29, 1.82) is 0 Å². The van der Waals surface area contributed by atoms with Gasteiger partial charge >= 0.3 is 0 Å². The summed E-state index contributed by atoms with van der Waals surface area (Å²) in [6.45, 7) is 0. The number of allylic oxidation sites excluding steroid dienone is 2. The van der Waals surface area contributed by atoms with Crippen LogP contribution in [0.25, 0.3) is 0 Å². The Morgan fingerprint density at radius 1 is 1.09 bits per heavy atom. The lowest BCUT2D eigenvalue weighted by molar-refractivity contribution is -0.123. The first kappa shape index (κ1) is 12.8. The van der Waals surface area contributed by atoms with Crippen LogP contribution in [0.2, 0.25) is 5.02 Å². The van der Waals surface area contributed by atoms with E-state index in [9.17, 15) is 14.0 Å². The number of hydrogen-bond donors (Lipinski definition) is 0. The van der Waals surface area contributed by atoms with Crippen LogP contribution in [-0.2, 0) is 9.59 Å². The molecule has 1 saturated heterocycles. The van der Waals surface area contributed by atoms with Gasteiger partial charge in [-0.2, -0.15) is 0 Å². The molecule has 0 N–H and O–H groups in total. The number of rotatable bonds is 1. The number of hydrogen-bond acceptors (Lipinski definition) is 2. The number of anilines is 1. The molecule has 2 bridgehead atoms. The quantitative estimate of drug-likeness (QED) is 0.589. The highest BCUT2D eigenvalue weighted by atomic mass is 35.5. The second kappa shape index (κ2) is 3.80. The fourth-order valence-electron chi connectivity index (χ4n) is 4.96. The summed E-state index contributed by atoms with van der Waals surface area (Å²) in [4.78, 5) is 26.8. The number of imide groups is 1. The first-order chi connectivity index (χ1) is 10.5. The summed E-state index contributed by atoms with van der Waals surface area (Å²) in [5, 5.41) is -0.0123. The molecule has 112 valence electrons. The van der Waals surface area contributed by atoms with E-state index in [-0.39, 0.29) is 51.6 Å². The molecule has 0 unspecified atom stereocenters. The fraction of sp³-hybridized carbons (Fsp3) is 0.412. The first-order valence-electron chi connectivity index (χ1n) is 7.56. The number of benzene rings is 1. The molecular formula is C17H13ClFNO2. The number of amides is 2. The summed E-state index contributed by atoms with van der Waals surface area (Å²) in [5.41, 5.74) is 0.466. The number of halogens is 2. The SMILES string of the molecule is O=C1[C@@H]2[C@H](C(=O)N1c1ccc(Cl)c(F)c1)[C@H]1C=C[C@H]2C12CC2. The van der Waals surface area contributed by atoms with E-state index in [1.54, 1.807) is 0 Å². The van der Waals surface area contributed by atoms with Gasteiger partial charge in [-0.1, -0.05) is 23.8 Å². The van der Waals surface area contributed by atoms with Gasteiger partial charge < -0.3 is 0 Å². The average molecular weight is 318 g/mol. The normalized spacial score (nSPS) is 36.5. The van der Waals surface area contributed by atoms with Crippen LogP contribution >= 0.6 is 11.6 Å². The van der Waals surface area contributed by atoms with Crippen LogP contribution in [0.15, 0.2) is 30.4 Å². The van der Waals surface area contributed by atoms with Crippen molar-refractivity contribution >= 4 is 29.1 Å². The Labute approximate surface area is 131 Å². The Morgan fingerprint density at radius 3 is 2.18 bits per heavy atom. The number of nitrogens with zero attached hydrogens (tertiary/aromatic N) is 1. The van der Waals surface area contributed by atoms with Crippen LogP contribution in [0.4, 0.5) is 10.1 Å². The van der Waals surface area contributed by atoms with Gasteiger partial charge in [0.2, 0.25) is 11.8 Å². The molecule has 1 heterocycles. The van der Waals surface area contributed by atoms with E-state index in [0.29, 0.717) is 0 Å². The zero-order valence-electron chi connectivity index (χ0n) is 11.6. The van der Waals surface area contributed by atoms with E-state index < -0.39 is 5.82 Å². The molecule has 3 nitrogen and oxygen atoms in total. The van der Waals surface area contributed by atoms with Crippen LogP contribution in [0.5, 0.6) is 0 Å². The van der Waals surface area contributed by atoms with Crippen molar-refractivity contribution in [3.8, 4) is 0 Å². The Balaban J connectivity index is 1.57. The molecule has 2 amide bonds. The molecule has 3 aliphatic carbocycles. The predicted octanol–water partition coefficient (Wildman–Crippen LogP) is 3.18. The van der Waals surface area contributed by atoms with Crippen molar-refractivity contribution in [1.82, 2.24) is 0 Å². The van der Waals surface area contributed by atoms with Gasteiger partial charge in [0.15, 0.2) is 0 Å². The summed E-state index contributed by atoms with van der Waals surface area (Å²) in [6.07, 6.45) is 6.46. The highest BCUT2D eigenvalue weighted by molar-refractivity contribution is 6.31. The maximum Gasteiger partial charge on any atom is 0.238 e. The van der Waals surface area contributed by atoms with Crippen LogP contribution < -0.4 is 4.90 Å². The van der Waals surface area contributed by atoms with Crippen molar-refractivity contribution in [2.75, 3.05) is 4.90 Å². The first-order valence-corrected chi connectivity index (χ1v) is 7.93. The Bertz CT molecular complexity index is 736. The Morgan fingerprint density at radius 2 is 1.68 bits per heavy atom. The number of carbonyl (C=O) groups is 2. The minimum atomic E-state index is -0.614. The maximum absolute atomic E-state index is 13.7. The van der Waals surface area contributed by atoms with Crippen molar-refractivity contribution in [3.63, 3.8) is 0 Å². The van der Waals surface area contributed by atoms with Gasteiger partial charge in [0.25, 0.3) is 0 Å². The summed E-state index contributed by atoms with van der Waals surface area (Å²) in [5.74, 6) is -1.13. The lowest BCUT2D eigenvalue weighted by atomic mass is 9.85. The third-order valence-corrected chi connectivity index (χ3v) is 6.32. The third kappa shape index (κ3) is 1.29. The van der Waals surface area contributed by atoms with Gasteiger partial charge in [-0.05, 0) is 48.3 Å². The van der Waals surface area contributed by atoms with E-state index in [1.807, 2.05) is 0 Å². The lowest BCUT2D eigenvalue weighted by Crippen LogP contribution is -2.34. The van der Waals surface area contributed by atoms with Crippen molar-refractivity contribution < 1.29 is 14.0 Å². The maximum atomic E-state index is 13.7. The zero-order chi connectivity index (χ0) is 15.2. The standard InChI is InChI=1S/C17H13ClFNO2/c18-11-4-1-8(7-12(11)19)20-15(21)13-9-2-3-10(14(13)16(20)22)17(9)5-6-17/h1-4,7,9-10,13-14H,5-6H2/t9-,10-,13-,14+/m1/s1. The van der Waals surface area contributed by atoms with E-state index in [4.69, 9.17) is 11.6 Å². The molecule has 22 heavy (non-hydrogen) atoms. The monoisotopic (exact) mass is 317 g/mol. The Hall–Kier alpha value is -1.68. The van der Waals surface area contributed by atoms with Crippen LogP contribution in [0.1, 0.15) is 12.8 Å². The summed E-state index contributed by atoms with van der Waals surface area (Å²) in [6, 6.07) is 4.09. The molecule has 5 heteroatoms. The average Bonchev–Trinajstić information content (AvgIpc) is 3.08. The molecule has 4 aliphatic rings. The Kier molecular flexibility index (Phi) is 2.21. The lowest BCUT2D eigenvalue weighted by Gasteiger charge is -2.21. The zero-order valence-corrected chi connectivity index (χ0v) is 12.4. The molecule has 1 aliphatic heterocycles. The van der Waals surface area contributed by atoms with Gasteiger partial charge in [0, 0.05) is 0 Å². The molecule has 1 aromatic carbocycles. The van der Waals surface area contributed by atoms with Gasteiger partial charge in [-0.15, -0.1) is 0 Å². The molecule has 4 atom stereocenters. The molecule has 0 radical (unpaired) electrons. The highest BCUT2D eigenvalue weighted by Crippen LogP contribution is 2.73. The predicted molar refractivity (Wildman–Crippen MR) is 78.7 cm³/mol. The second-order valence-electron chi connectivity index (χ2n) is 6.83. The van der Waals surface area contributed by atoms with Crippen LogP contribution in [0, 0.1) is 34.9 Å². The van der Waals surface area contributed by atoms with E-state index in [2.05, 4.69) is 12.2 Å². The van der Waals surface area contributed by atoms with Gasteiger partial charge in [0.1, 0.15) is 5.82 Å². The molecule has 1 spiro atoms. The van der Waals surface area contributed by atoms with Crippen molar-refractivity contribution in [3.05, 3.63) is 41.2 Å². The van der Waals surface area contributed by atoms with Crippen LogP contribution in [-0.4, -0.2) is 11.8 Å². The molecule has 1 aromatic rings. The largest absolute Gasteiger partial charge is 0.274 e. The minimum absolute atomic E-state index is 0.0123. The fourth-order valence-corrected chi connectivity index (χ4v) is 5.07. The summed E-state index contributed by atoms with van der Waals surface area (Å²) < 4.78 is 13.7. The van der Waals surface area contributed by atoms with Crippen molar-refractivity contribution in [2.24, 2.45) is 29.1 Å². The topological polar surface area (TPSA) is 37.4 Å². The van der Waals surface area contributed by atoms with Gasteiger partial charge in [-0.25, -0.2) is 9.29 Å².